The molecular formula is C18H29BNO4. The minimum atomic E-state index is -0.990. The van der Waals surface area contributed by atoms with E-state index in [2.05, 4.69) is 18.8 Å². The van der Waals surface area contributed by atoms with Gasteiger partial charge in [-0.25, -0.2) is 0 Å². The topological polar surface area (TPSA) is 71.5 Å². The van der Waals surface area contributed by atoms with Gasteiger partial charge in [0, 0.05) is 30.4 Å². The summed E-state index contributed by atoms with van der Waals surface area (Å²) in [7, 11) is 1.60. The Hall–Kier alpha value is -1.11. The Morgan fingerprint density at radius 3 is 2.67 bits per heavy atom. The summed E-state index contributed by atoms with van der Waals surface area (Å²) in [5.41, 5.74) is -0.486. The average Bonchev–Trinajstić information content (AvgIpc) is 2.48. The minimum absolute atomic E-state index is 0.0647. The van der Waals surface area contributed by atoms with Crippen LogP contribution in [0.15, 0.2) is 17.1 Å². The molecule has 5 nitrogen and oxygen atoms in total. The van der Waals surface area contributed by atoms with Crippen molar-refractivity contribution in [3.8, 4) is 0 Å². The molecule has 1 aromatic rings. The third-order valence-corrected chi connectivity index (χ3v) is 5.73. The molecule has 0 bridgehead atoms. The first-order chi connectivity index (χ1) is 11.0. The normalized spacial score (nSPS) is 25.5. The lowest BCUT2D eigenvalue weighted by Crippen LogP contribution is -2.49. The smallest absolute Gasteiger partial charge is 0.332 e. The number of ether oxygens (including phenoxy) is 1. The van der Waals surface area contributed by atoms with E-state index in [0.29, 0.717) is 13.2 Å². The van der Waals surface area contributed by atoms with Crippen molar-refractivity contribution in [2.24, 2.45) is 5.92 Å². The van der Waals surface area contributed by atoms with Crippen LogP contribution in [0.5, 0.6) is 0 Å². The molecule has 1 radical (unpaired) electrons. The Morgan fingerprint density at radius 1 is 1.42 bits per heavy atom. The lowest BCUT2D eigenvalue weighted by Gasteiger charge is -2.39. The third-order valence-electron chi connectivity index (χ3n) is 5.73. The zero-order valence-corrected chi connectivity index (χ0v) is 15.6. The van der Waals surface area contributed by atoms with Gasteiger partial charge >= 0.3 is 7.48 Å². The molecule has 2 N–H and O–H groups in total. The van der Waals surface area contributed by atoms with E-state index >= 15 is 0 Å². The van der Waals surface area contributed by atoms with Crippen molar-refractivity contribution in [1.29, 1.82) is 0 Å². The van der Waals surface area contributed by atoms with Gasteiger partial charge in [0.05, 0.1) is 11.2 Å². The number of H-pyrrole nitrogens is 1. The molecular weight excluding hydrogens is 305 g/mol. The highest BCUT2D eigenvalue weighted by Gasteiger charge is 2.39. The van der Waals surface area contributed by atoms with E-state index in [1.54, 1.807) is 27.5 Å². The third kappa shape index (κ3) is 3.76. The summed E-state index contributed by atoms with van der Waals surface area (Å²) in [4.78, 5) is 15.2. The van der Waals surface area contributed by atoms with Crippen molar-refractivity contribution >= 4 is 12.9 Å². The van der Waals surface area contributed by atoms with Crippen molar-refractivity contribution in [2.75, 3.05) is 13.2 Å². The number of aromatic amines is 1. The highest BCUT2D eigenvalue weighted by Crippen LogP contribution is 2.36. The van der Waals surface area contributed by atoms with E-state index in [1.807, 2.05) is 19.9 Å². The zero-order chi connectivity index (χ0) is 18.2. The molecule has 0 aromatic carbocycles. The second-order valence-corrected chi connectivity index (χ2v) is 8.12. The Labute approximate surface area is 145 Å². The van der Waals surface area contributed by atoms with Gasteiger partial charge in [-0.15, -0.1) is 0 Å². The number of aliphatic hydroxyl groups is 1. The van der Waals surface area contributed by atoms with Crippen LogP contribution in [0.3, 0.4) is 0 Å². The molecule has 133 valence electrons. The number of rotatable bonds is 5. The molecule has 2 rings (SSSR count). The van der Waals surface area contributed by atoms with Gasteiger partial charge in [-0.05, 0) is 45.5 Å². The molecule has 1 aliphatic rings. The maximum Gasteiger partial charge on any atom is 0.332 e. The van der Waals surface area contributed by atoms with Gasteiger partial charge in [0.2, 0.25) is 0 Å². The predicted octanol–water partition coefficient (Wildman–Crippen LogP) is 1.50. The lowest BCUT2D eigenvalue weighted by molar-refractivity contribution is -0.0893. The second-order valence-electron chi connectivity index (χ2n) is 8.12. The Bertz CT molecular complexity index is 635. The van der Waals surface area contributed by atoms with Crippen LogP contribution >= 0.6 is 0 Å². The highest BCUT2D eigenvalue weighted by atomic mass is 16.5. The quantitative estimate of drug-likeness (QED) is 0.801. The fourth-order valence-electron chi connectivity index (χ4n) is 2.73. The van der Waals surface area contributed by atoms with E-state index < -0.39 is 11.2 Å². The van der Waals surface area contributed by atoms with Gasteiger partial charge in [0.15, 0.2) is 0 Å². The summed E-state index contributed by atoms with van der Waals surface area (Å²) < 4.78 is 11.3. The summed E-state index contributed by atoms with van der Waals surface area (Å²) in [6.07, 6.45) is 2.45. The number of hydrogen-bond donors (Lipinski definition) is 2. The number of aromatic nitrogens is 1. The van der Waals surface area contributed by atoms with Crippen molar-refractivity contribution in [3.63, 3.8) is 0 Å². The second kappa shape index (κ2) is 6.66. The maximum atomic E-state index is 12.4. The molecule has 1 fully saturated rings. The molecule has 0 spiro atoms. The van der Waals surface area contributed by atoms with Crippen molar-refractivity contribution in [3.05, 3.63) is 28.2 Å². The average molecular weight is 334 g/mol. The molecule has 2 atom stereocenters. The van der Waals surface area contributed by atoms with Crippen molar-refractivity contribution < 1.29 is 14.5 Å². The fourth-order valence-corrected chi connectivity index (χ4v) is 2.73. The van der Waals surface area contributed by atoms with Crippen LogP contribution in [0.2, 0.25) is 0 Å². The van der Waals surface area contributed by atoms with Crippen molar-refractivity contribution in [2.45, 2.75) is 64.6 Å². The summed E-state index contributed by atoms with van der Waals surface area (Å²) >= 11 is 0. The van der Waals surface area contributed by atoms with E-state index in [1.165, 1.54) is 0 Å². The van der Waals surface area contributed by atoms with E-state index in [-0.39, 0.29) is 16.9 Å². The van der Waals surface area contributed by atoms with E-state index in [0.717, 1.165) is 17.4 Å². The summed E-state index contributed by atoms with van der Waals surface area (Å²) in [5.74, 6) is 0.260. The summed E-state index contributed by atoms with van der Waals surface area (Å²) in [6, 6.07) is 1.89. The van der Waals surface area contributed by atoms with Gasteiger partial charge in [0.25, 0.3) is 5.56 Å². The minimum Gasteiger partial charge on any atom is -0.427 e. The fraction of sp³-hybridized carbons (Fsp3) is 0.722. The van der Waals surface area contributed by atoms with Gasteiger partial charge in [-0.3, -0.25) is 4.79 Å². The highest BCUT2D eigenvalue weighted by molar-refractivity contribution is 6.46. The first kappa shape index (κ1) is 19.2. The van der Waals surface area contributed by atoms with Gasteiger partial charge in [-0.1, -0.05) is 19.9 Å². The maximum absolute atomic E-state index is 12.4. The summed E-state index contributed by atoms with van der Waals surface area (Å²) in [5, 5.41) is 10.2. The molecule has 0 amide bonds. The van der Waals surface area contributed by atoms with Crippen LogP contribution in [0, 0.1) is 5.92 Å². The predicted molar refractivity (Wildman–Crippen MR) is 95.9 cm³/mol. The Kier molecular flexibility index (Phi) is 5.33. The molecule has 0 aliphatic carbocycles. The number of nitrogens with one attached hydrogen (secondary N) is 1. The molecule has 2 unspecified atom stereocenters. The van der Waals surface area contributed by atoms with Gasteiger partial charge in [0.1, 0.15) is 0 Å². The molecule has 1 saturated heterocycles. The largest absolute Gasteiger partial charge is 0.427 e. The standard InChI is InChI=1S/C18H29BNO4/c1-12-11-23-8-7-18(12,6)14-9-13(10-20-15(14)21)19-24-17(4,5)16(2,3)22/h9-10,12,22H,7-8,11H2,1-6H3,(H,20,21). The Balaban J connectivity index is 2.25. The van der Waals surface area contributed by atoms with Crippen LogP contribution in [-0.2, 0) is 14.8 Å². The van der Waals surface area contributed by atoms with Gasteiger partial charge < -0.3 is 19.5 Å². The first-order valence-corrected chi connectivity index (χ1v) is 8.52. The van der Waals surface area contributed by atoms with Crippen LogP contribution in [0.25, 0.3) is 0 Å². The lowest BCUT2D eigenvalue weighted by atomic mass is 9.69. The van der Waals surface area contributed by atoms with Crippen LogP contribution in [-0.4, -0.2) is 42.0 Å². The van der Waals surface area contributed by atoms with Crippen LogP contribution in [0.4, 0.5) is 0 Å². The number of hydrogen-bond acceptors (Lipinski definition) is 4. The van der Waals surface area contributed by atoms with Crippen LogP contribution < -0.4 is 11.0 Å². The van der Waals surface area contributed by atoms with Crippen LogP contribution in [0.1, 0.15) is 53.5 Å². The molecule has 24 heavy (non-hydrogen) atoms. The molecule has 0 saturated carbocycles. The molecule has 2 heterocycles. The molecule has 1 aliphatic heterocycles. The van der Waals surface area contributed by atoms with E-state index in [4.69, 9.17) is 9.39 Å². The SMILES string of the molecule is CC1COCCC1(C)c1cc([B]OC(C)(C)C(C)(C)O)c[nH]c1=O. The van der Waals surface area contributed by atoms with Gasteiger partial charge in [-0.2, -0.15) is 0 Å². The van der Waals surface area contributed by atoms with Crippen molar-refractivity contribution in [1.82, 2.24) is 4.98 Å². The number of pyridine rings is 1. The Morgan fingerprint density at radius 2 is 2.08 bits per heavy atom. The summed E-state index contributed by atoms with van der Waals surface area (Å²) in [6.45, 7) is 12.6. The molecule has 6 heteroatoms. The zero-order valence-electron chi connectivity index (χ0n) is 15.6. The monoisotopic (exact) mass is 334 g/mol. The van der Waals surface area contributed by atoms with E-state index in [9.17, 15) is 9.90 Å². The molecule has 1 aromatic heterocycles. The first-order valence-electron chi connectivity index (χ1n) is 8.52.